The van der Waals surface area contributed by atoms with Crippen LogP contribution in [0, 0.1) is 12.8 Å². The van der Waals surface area contributed by atoms with Crippen LogP contribution in [0.25, 0.3) is 0 Å². The fourth-order valence-corrected chi connectivity index (χ4v) is 3.48. The van der Waals surface area contributed by atoms with Crippen molar-refractivity contribution in [2.75, 3.05) is 25.4 Å². The zero-order chi connectivity index (χ0) is 18.9. The van der Waals surface area contributed by atoms with Crippen LogP contribution in [0.3, 0.4) is 0 Å². The van der Waals surface area contributed by atoms with Gasteiger partial charge < -0.3 is 20.1 Å². The van der Waals surface area contributed by atoms with Gasteiger partial charge in [0.05, 0.1) is 12.3 Å². The highest BCUT2D eigenvalue weighted by atomic mass is 16.6. The van der Waals surface area contributed by atoms with Crippen LogP contribution in [-0.2, 0) is 4.74 Å². The maximum atomic E-state index is 12.2. The highest BCUT2D eigenvalue weighted by Crippen LogP contribution is 2.37. The molecule has 1 heterocycles. The van der Waals surface area contributed by atoms with E-state index in [9.17, 15) is 4.79 Å². The van der Waals surface area contributed by atoms with Crippen molar-refractivity contribution in [1.82, 2.24) is 4.90 Å². The van der Waals surface area contributed by atoms with Gasteiger partial charge in [-0.15, -0.1) is 0 Å². The molecule has 2 aliphatic rings. The molecule has 0 bridgehead atoms. The summed E-state index contributed by atoms with van der Waals surface area (Å²) in [6.45, 7) is 10.0. The lowest BCUT2D eigenvalue weighted by atomic mass is 9.86. The number of hydrogen-bond donors (Lipinski definition) is 1. The van der Waals surface area contributed by atoms with Gasteiger partial charge in [0.15, 0.2) is 0 Å². The van der Waals surface area contributed by atoms with Gasteiger partial charge in [0.2, 0.25) is 0 Å². The third-order valence-corrected chi connectivity index (χ3v) is 5.16. The lowest BCUT2D eigenvalue weighted by Crippen LogP contribution is -2.41. The number of nitrogens with two attached hydrogens (primary N) is 1. The summed E-state index contributed by atoms with van der Waals surface area (Å²) in [6, 6.07) is 4.15. The summed E-state index contributed by atoms with van der Waals surface area (Å²) in [6.07, 6.45) is 4.19. The van der Waals surface area contributed by atoms with E-state index in [1.165, 1.54) is 24.0 Å². The van der Waals surface area contributed by atoms with E-state index in [1.807, 2.05) is 31.7 Å². The van der Waals surface area contributed by atoms with Crippen molar-refractivity contribution in [2.45, 2.75) is 64.9 Å². The third kappa shape index (κ3) is 4.83. The van der Waals surface area contributed by atoms with Crippen molar-refractivity contribution >= 4 is 11.8 Å². The summed E-state index contributed by atoms with van der Waals surface area (Å²) in [5.74, 6) is 1.95. The van der Waals surface area contributed by atoms with Gasteiger partial charge in [-0.05, 0) is 88.5 Å². The number of hydrogen-bond acceptors (Lipinski definition) is 4. The molecule has 0 spiro atoms. The van der Waals surface area contributed by atoms with Crippen LogP contribution in [0.1, 0.15) is 63.5 Å². The Hall–Kier alpha value is -1.91. The Morgan fingerprint density at radius 3 is 2.42 bits per heavy atom. The van der Waals surface area contributed by atoms with E-state index in [0.29, 0.717) is 11.8 Å². The van der Waals surface area contributed by atoms with E-state index >= 15 is 0 Å². The number of ether oxygens (including phenoxy) is 2. The molecule has 1 aromatic carbocycles. The molecular weight excluding hydrogens is 328 g/mol. The van der Waals surface area contributed by atoms with E-state index in [1.54, 1.807) is 0 Å². The standard InChI is InChI=1S/C21H32N2O3/c1-14-11-18(22)19(25-13-15-5-6-15)12-17(14)16-7-9-23(10-8-16)20(24)26-21(2,3)4/h11-12,15-16H,5-10,13,22H2,1-4H3. The molecule has 5 heteroatoms. The minimum atomic E-state index is -0.449. The summed E-state index contributed by atoms with van der Waals surface area (Å²) >= 11 is 0. The van der Waals surface area contributed by atoms with E-state index in [2.05, 4.69) is 13.0 Å². The molecule has 5 nitrogen and oxygen atoms in total. The van der Waals surface area contributed by atoms with Crippen molar-refractivity contribution < 1.29 is 14.3 Å². The zero-order valence-corrected chi connectivity index (χ0v) is 16.5. The largest absolute Gasteiger partial charge is 0.491 e. The number of piperidine rings is 1. The number of nitrogens with zero attached hydrogens (tertiary/aromatic N) is 1. The monoisotopic (exact) mass is 360 g/mol. The first kappa shape index (κ1) is 18.9. The van der Waals surface area contributed by atoms with Crippen molar-refractivity contribution in [3.8, 4) is 5.75 Å². The number of carbonyl (C=O) groups is 1. The SMILES string of the molecule is Cc1cc(N)c(OCC2CC2)cc1C1CCN(C(=O)OC(C)(C)C)CC1. The first-order valence-electron chi connectivity index (χ1n) is 9.73. The molecule has 0 unspecified atom stereocenters. The quantitative estimate of drug-likeness (QED) is 0.804. The molecule has 1 aromatic rings. The van der Waals surface area contributed by atoms with Crippen LogP contribution in [0.5, 0.6) is 5.75 Å². The molecule has 26 heavy (non-hydrogen) atoms. The Bertz CT molecular complexity index is 654. The first-order valence-corrected chi connectivity index (χ1v) is 9.73. The second-order valence-corrected chi connectivity index (χ2v) is 8.74. The highest BCUT2D eigenvalue weighted by Gasteiger charge is 2.29. The first-order chi connectivity index (χ1) is 12.2. The fraction of sp³-hybridized carbons (Fsp3) is 0.667. The maximum Gasteiger partial charge on any atom is 0.410 e. The number of carbonyl (C=O) groups excluding carboxylic acids is 1. The number of aryl methyl sites for hydroxylation is 1. The molecule has 2 fully saturated rings. The van der Waals surface area contributed by atoms with Gasteiger partial charge in [0.25, 0.3) is 0 Å². The van der Waals surface area contributed by atoms with Crippen molar-refractivity contribution in [3.63, 3.8) is 0 Å². The van der Waals surface area contributed by atoms with Crippen LogP contribution >= 0.6 is 0 Å². The molecule has 0 atom stereocenters. The predicted molar refractivity (Wildman–Crippen MR) is 104 cm³/mol. The van der Waals surface area contributed by atoms with Crippen LogP contribution in [0.15, 0.2) is 12.1 Å². The van der Waals surface area contributed by atoms with Gasteiger partial charge in [0, 0.05) is 13.1 Å². The Labute approximate surface area is 156 Å². The van der Waals surface area contributed by atoms with E-state index in [0.717, 1.165) is 44.0 Å². The number of rotatable bonds is 4. The number of amides is 1. The molecule has 1 saturated heterocycles. The van der Waals surface area contributed by atoms with Gasteiger partial charge in [-0.2, -0.15) is 0 Å². The smallest absolute Gasteiger partial charge is 0.410 e. The summed E-state index contributed by atoms with van der Waals surface area (Å²) < 4.78 is 11.4. The molecule has 0 radical (unpaired) electrons. The highest BCUT2D eigenvalue weighted by molar-refractivity contribution is 5.68. The van der Waals surface area contributed by atoms with Gasteiger partial charge in [-0.1, -0.05) is 0 Å². The number of anilines is 1. The van der Waals surface area contributed by atoms with Gasteiger partial charge in [-0.25, -0.2) is 4.79 Å². The maximum absolute atomic E-state index is 12.2. The molecular formula is C21H32N2O3. The average Bonchev–Trinajstić information content (AvgIpc) is 3.37. The van der Waals surface area contributed by atoms with Crippen LogP contribution in [0.4, 0.5) is 10.5 Å². The minimum Gasteiger partial charge on any atom is -0.491 e. The zero-order valence-electron chi connectivity index (χ0n) is 16.5. The topological polar surface area (TPSA) is 64.8 Å². The Balaban J connectivity index is 1.63. The normalized spacial score (nSPS) is 18.7. The van der Waals surface area contributed by atoms with E-state index in [-0.39, 0.29) is 6.09 Å². The summed E-state index contributed by atoms with van der Waals surface area (Å²) in [5, 5.41) is 0. The third-order valence-electron chi connectivity index (χ3n) is 5.16. The molecule has 3 rings (SSSR count). The Morgan fingerprint density at radius 2 is 1.85 bits per heavy atom. The van der Waals surface area contributed by atoms with Crippen LogP contribution < -0.4 is 10.5 Å². The van der Waals surface area contributed by atoms with E-state index in [4.69, 9.17) is 15.2 Å². The summed E-state index contributed by atoms with van der Waals surface area (Å²) in [5.41, 5.74) is 8.93. The number of nitrogen functional groups attached to an aromatic ring is 1. The lowest BCUT2D eigenvalue weighted by Gasteiger charge is -2.34. The molecule has 1 aliphatic heterocycles. The van der Waals surface area contributed by atoms with Crippen molar-refractivity contribution in [3.05, 3.63) is 23.3 Å². The van der Waals surface area contributed by atoms with Gasteiger partial charge in [0.1, 0.15) is 11.4 Å². The second kappa shape index (κ2) is 7.37. The van der Waals surface area contributed by atoms with Crippen LogP contribution in [-0.4, -0.2) is 36.3 Å². The Kier molecular flexibility index (Phi) is 5.35. The van der Waals surface area contributed by atoms with E-state index < -0.39 is 5.60 Å². The van der Waals surface area contributed by atoms with Gasteiger partial charge in [-0.3, -0.25) is 0 Å². The summed E-state index contributed by atoms with van der Waals surface area (Å²) in [7, 11) is 0. The molecule has 144 valence electrons. The van der Waals surface area contributed by atoms with Crippen LogP contribution in [0.2, 0.25) is 0 Å². The lowest BCUT2D eigenvalue weighted by molar-refractivity contribution is 0.0204. The molecule has 0 aromatic heterocycles. The molecule has 2 N–H and O–H groups in total. The Morgan fingerprint density at radius 1 is 1.19 bits per heavy atom. The fourth-order valence-electron chi connectivity index (χ4n) is 3.48. The molecule has 1 saturated carbocycles. The molecule has 1 aliphatic carbocycles. The van der Waals surface area contributed by atoms with Crippen molar-refractivity contribution in [1.29, 1.82) is 0 Å². The predicted octanol–water partition coefficient (Wildman–Crippen LogP) is 4.48. The van der Waals surface area contributed by atoms with Gasteiger partial charge >= 0.3 is 6.09 Å². The average molecular weight is 360 g/mol. The number of likely N-dealkylation sites (tertiary alicyclic amines) is 1. The minimum absolute atomic E-state index is 0.210. The molecule has 1 amide bonds. The number of benzene rings is 1. The summed E-state index contributed by atoms with van der Waals surface area (Å²) in [4.78, 5) is 14.1. The second-order valence-electron chi connectivity index (χ2n) is 8.74. The van der Waals surface area contributed by atoms with Crippen molar-refractivity contribution in [2.24, 2.45) is 5.92 Å².